The Labute approximate surface area is 96.1 Å². The Morgan fingerprint density at radius 2 is 1.94 bits per heavy atom. The van der Waals surface area contributed by atoms with Crippen LogP contribution < -0.4 is 4.90 Å². The van der Waals surface area contributed by atoms with Crippen molar-refractivity contribution >= 4 is 17.9 Å². The lowest BCUT2D eigenvalue weighted by atomic mass is 10.1. The molecule has 0 aromatic heterocycles. The Morgan fingerprint density at radius 3 is 2.44 bits per heavy atom. The van der Waals surface area contributed by atoms with Gasteiger partial charge in [0.15, 0.2) is 0 Å². The number of hydrogen-bond acceptors (Lipinski definition) is 2. The molecule has 0 bridgehead atoms. The first-order valence-electron chi connectivity index (χ1n) is 5.48. The normalized spacial score (nSPS) is 9.88. The van der Waals surface area contributed by atoms with E-state index in [9.17, 15) is 9.59 Å². The van der Waals surface area contributed by atoms with Crippen molar-refractivity contribution in [1.29, 1.82) is 0 Å². The van der Waals surface area contributed by atoms with Crippen LogP contribution in [0.15, 0.2) is 24.3 Å². The number of carbonyl (C=O) groups is 2. The van der Waals surface area contributed by atoms with Crippen LogP contribution in [0.5, 0.6) is 0 Å². The van der Waals surface area contributed by atoms with Crippen LogP contribution in [0.1, 0.15) is 25.3 Å². The summed E-state index contributed by atoms with van der Waals surface area (Å²) in [6.45, 7) is 2.09. The molecule has 0 radical (unpaired) electrons. The highest BCUT2D eigenvalue weighted by molar-refractivity contribution is 5.93. The third-order valence-electron chi connectivity index (χ3n) is 2.58. The molecule has 1 amide bonds. The molecule has 0 saturated carbocycles. The quantitative estimate of drug-likeness (QED) is 0.712. The number of aldehydes is 1. The van der Waals surface area contributed by atoms with Crippen molar-refractivity contribution in [3.8, 4) is 0 Å². The lowest BCUT2D eigenvalue weighted by Crippen LogP contribution is -2.25. The Balaban J connectivity index is 2.67. The Hall–Kier alpha value is -1.64. The summed E-state index contributed by atoms with van der Waals surface area (Å²) in [4.78, 5) is 23.4. The predicted molar refractivity (Wildman–Crippen MR) is 64.5 cm³/mol. The molecular weight excluding hydrogens is 202 g/mol. The lowest BCUT2D eigenvalue weighted by molar-refractivity contribution is -0.120. The van der Waals surface area contributed by atoms with Gasteiger partial charge in [-0.15, -0.1) is 0 Å². The van der Waals surface area contributed by atoms with Gasteiger partial charge in [-0.05, 0) is 24.1 Å². The van der Waals surface area contributed by atoms with Crippen molar-refractivity contribution in [2.75, 3.05) is 11.9 Å². The van der Waals surface area contributed by atoms with Crippen LogP contribution in [0.4, 0.5) is 5.69 Å². The molecule has 0 spiro atoms. The first-order chi connectivity index (χ1) is 7.69. The van der Waals surface area contributed by atoms with Gasteiger partial charge in [-0.1, -0.05) is 19.1 Å². The van der Waals surface area contributed by atoms with Gasteiger partial charge < -0.3 is 9.69 Å². The minimum absolute atomic E-state index is 0.0312. The topological polar surface area (TPSA) is 37.4 Å². The van der Waals surface area contributed by atoms with Crippen LogP contribution in [-0.4, -0.2) is 19.2 Å². The number of anilines is 1. The van der Waals surface area contributed by atoms with Gasteiger partial charge in [0.05, 0.1) is 0 Å². The van der Waals surface area contributed by atoms with Gasteiger partial charge >= 0.3 is 0 Å². The highest BCUT2D eigenvalue weighted by atomic mass is 16.2. The monoisotopic (exact) mass is 219 g/mol. The molecule has 1 rings (SSSR count). The molecule has 0 aliphatic heterocycles. The van der Waals surface area contributed by atoms with Gasteiger partial charge in [0.2, 0.25) is 5.91 Å². The van der Waals surface area contributed by atoms with Crippen molar-refractivity contribution in [1.82, 2.24) is 0 Å². The van der Waals surface area contributed by atoms with Crippen LogP contribution in [-0.2, 0) is 16.0 Å². The second kappa shape index (κ2) is 6.05. The van der Waals surface area contributed by atoms with E-state index in [1.165, 1.54) is 5.56 Å². The number of amides is 1. The van der Waals surface area contributed by atoms with E-state index in [4.69, 9.17) is 0 Å². The molecule has 0 heterocycles. The zero-order valence-corrected chi connectivity index (χ0v) is 9.77. The average Bonchev–Trinajstić information content (AvgIpc) is 2.35. The minimum Gasteiger partial charge on any atom is -0.315 e. The van der Waals surface area contributed by atoms with Crippen molar-refractivity contribution in [3.05, 3.63) is 29.8 Å². The van der Waals surface area contributed by atoms with Crippen LogP contribution >= 0.6 is 0 Å². The van der Waals surface area contributed by atoms with Gasteiger partial charge in [-0.3, -0.25) is 4.79 Å². The Bertz CT molecular complexity index is 357. The molecule has 16 heavy (non-hydrogen) atoms. The second-order valence-electron chi connectivity index (χ2n) is 3.68. The van der Waals surface area contributed by atoms with Gasteiger partial charge in [0, 0.05) is 25.6 Å². The van der Waals surface area contributed by atoms with E-state index in [-0.39, 0.29) is 18.7 Å². The smallest absolute Gasteiger partial charge is 0.227 e. The van der Waals surface area contributed by atoms with E-state index in [0.717, 1.165) is 18.4 Å². The highest BCUT2D eigenvalue weighted by Gasteiger charge is 2.09. The van der Waals surface area contributed by atoms with Crippen LogP contribution in [0.2, 0.25) is 0 Å². The lowest BCUT2D eigenvalue weighted by Gasteiger charge is -2.17. The molecule has 0 fully saturated rings. The van der Waals surface area contributed by atoms with Crippen LogP contribution in [0, 0.1) is 0 Å². The third kappa shape index (κ3) is 3.19. The Morgan fingerprint density at radius 1 is 1.31 bits per heavy atom. The molecule has 0 saturated heterocycles. The molecule has 0 unspecified atom stereocenters. The minimum atomic E-state index is -0.0312. The number of aryl methyl sites for hydroxylation is 1. The van der Waals surface area contributed by atoms with Crippen molar-refractivity contribution < 1.29 is 9.59 Å². The Kier molecular flexibility index (Phi) is 4.70. The summed E-state index contributed by atoms with van der Waals surface area (Å²) in [6.07, 6.45) is 2.32. The zero-order chi connectivity index (χ0) is 12.0. The highest BCUT2D eigenvalue weighted by Crippen LogP contribution is 2.15. The number of rotatable bonds is 5. The zero-order valence-electron chi connectivity index (χ0n) is 9.77. The molecule has 0 aliphatic rings. The number of nitrogens with zero attached hydrogens (tertiary/aromatic N) is 1. The fourth-order valence-electron chi connectivity index (χ4n) is 1.45. The van der Waals surface area contributed by atoms with E-state index in [1.807, 2.05) is 24.3 Å². The second-order valence-corrected chi connectivity index (χ2v) is 3.68. The molecular formula is C13H17NO2. The molecule has 1 aromatic carbocycles. The first kappa shape index (κ1) is 12.4. The van der Waals surface area contributed by atoms with E-state index in [1.54, 1.807) is 11.9 Å². The number of carbonyl (C=O) groups excluding carboxylic acids is 2. The maximum atomic E-state index is 11.6. The van der Waals surface area contributed by atoms with Gasteiger partial charge in [0.25, 0.3) is 0 Å². The van der Waals surface area contributed by atoms with E-state index >= 15 is 0 Å². The predicted octanol–water partition coefficient (Wildman–Crippen LogP) is 2.19. The summed E-state index contributed by atoms with van der Waals surface area (Å²) in [5.74, 6) is -0.0312. The summed E-state index contributed by atoms with van der Waals surface area (Å²) < 4.78 is 0. The molecule has 3 heteroatoms. The molecule has 3 nitrogen and oxygen atoms in total. The van der Waals surface area contributed by atoms with Crippen LogP contribution in [0.25, 0.3) is 0 Å². The molecule has 1 aromatic rings. The maximum Gasteiger partial charge on any atom is 0.227 e. The van der Waals surface area contributed by atoms with Crippen molar-refractivity contribution in [2.24, 2.45) is 0 Å². The molecule has 0 N–H and O–H groups in total. The number of benzene rings is 1. The SMILES string of the molecule is CCc1ccc(N(C)C(=O)CCC=O)cc1. The van der Waals surface area contributed by atoms with Crippen molar-refractivity contribution in [2.45, 2.75) is 26.2 Å². The standard InChI is InChI=1S/C13H17NO2/c1-3-11-6-8-12(9-7-11)14(2)13(16)5-4-10-15/h6-10H,3-5H2,1-2H3. The van der Waals surface area contributed by atoms with E-state index in [0.29, 0.717) is 0 Å². The summed E-state index contributed by atoms with van der Waals surface area (Å²) in [7, 11) is 1.73. The van der Waals surface area contributed by atoms with E-state index in [2.05, 4.69) is 6.92 Å². The third-order valence-corrected chi connectivity index (χ3v) is 2.58. The summed E-state index contributed by atoms with van der Waals surface area (Å²) in [6, 6.07) is 7.88. The van der Waals surface area contributed by atoms with Gasteiger partial charge in [0.1, 0.15) is 6.29 Å². The fourth-order valence-corrected chi connectivity index (χ4v) is 1.45. The number of hydrogen-bond donors (Lipinski definition) is 0. The summed E-state index contributed by atoms with van der Waals surface area (Å²) in [5, 5.41) is 0. The molecule has 0 atom stereocenters. The maximum absolute atomic E-state index is 11.6. The van der Waals surface area contributed by atoms with Gasteiger partial charge in [-0.25, -0.2) is 0 Å². The summed E-state index contributed by atoms with van der Waals surface area (Å²) in [5.41, 5.74) is 2.12. The molecule has 86 valence electrons. The fraction of sp³-hybridized carbons (Fsp3) is 0.385. The first-order valence-corrected chi connectivity index (χ1v) is 5.48. The average molecular weight is 219 g/mol. The molecule has 0 aliphatic carbocycles. The van der Waals surface area contributed by atoms with E-state index < -0.39 is 0 Å². The van der Waals surface area contributed by atoms with Crippen molar-refractivity contribution in [3.63, 3.8) is 0 Å². The summed E-state index contributed by atoms with van der Waals surface area (Å²) >= 11 is 0. The van der Waals surface area contributed by atoms with Gasteiger partial charge in [-0.2, -0.15) is 0 Å². The van der Waals surface area contributed by atoms with Crippen LogP contribution in [0.3, 0.4) is 0 Å². The largest absolute Gasteiger partial charge is 0.315 e.